The van der Waals surface area contributed by atoms with E-state index in [9.17, 15) is 18.0 Å². The Balaban J connectivity index is 1.60. The second-order valence-corrected chi connectivity index (χ2v) is 8.87. The molecule has 30 heavy (non-hydrogen) atoms. The van der Waals surface area contributed by atoms with Crippen molar-refractivity contribution in [1.82, 2.24) is 0 Å². The van der Waals surface area contributed by atoms with E-state index in [1.165, 1.54) is 23.1 Å². The van der Waals surface area contributed by atoms with Crippen LogP contribution in [-0.2, 0) is 11.0 Å². The van der Waals surface area contributed by atoms with Crippen LogP contribution < -0.4 is 4.90 Å². The molecule has 152 valence electrons. The van der Waals surface area contributed by atoms with Crippen LogP contribution in [-0.4, -0.2) is 10.2 Å². The zero-order valence-electron chi connectivity index (χ0n) is 14.9. The summed E-state index contributed by atoms with van der Waals surface area (Å²) in [6, 6.07) is 15.2. The highest BCUT2D eigenvalue weighted by atomic mass is 79.9. The largest absolute Gasteiger partial charge is 0.457 e. The van der Waals surface area contributed by atoms with Gasteiger partial charge in [-0.3, -0.25) is 9.69 Å². The molecule has 3 aromatic rings. The molecule has 0 N–H and O–H groups in total. The summed E-state index contributed by atoms with van der Waals surface area (Å²) in [7, 11) is 0. The van der Waals surface area contributed by atoms with E-state index in [-0.39, 0.29) is 11.7 Å². The Hall–Kier alpha value is -2.36. The standard InChI is InChI=1S/C21H11BrF3NO2S2/c22-14-4-6-15(7-5-14)26-19(27)18(30-20(26)29)11-16-8-9-17(28-16)12-2-1-3-13(10-12)21(23,24)25/h1-11H/b18-11+. The quantitative estimate of drug-likeness (QED) is 0.277. The number of nitrogens with zero attached hydrogens (tertiary/aromatic N) is 1. The van der Waals surface area contributed by atoms with Crippen molar-refractivity contribution in [2.24, 2.45) is 0 Å². The Bertz CT molecular complexity index is 1170. The van der Waals surface area contributed by atoms with E-state index in [1.54, 1.807) is 24.3 Å². The normalized spacial score (nSPS) is 16.0. The van der Waals surface area contributed by atoms with Crippen molar-refractivity contribution in [3.05, 3.63) is 81.4 Å². The number of benzene rings is 2. The molecule has 0 bridgehead atoms. The third-order valence-corrected chi connectivity index (χ3v) is 6.08. The van der Waals surface area contributed by atoms with Crippen LogP contribution in [0.3, 0.4) is 0 Å². The maximum Gasteiger partial charge on any atom is 0.416 e. The van der Waals surface area contributed by atoms with Gasteiger partial charge in [0.25, 0.3) is 5.91 Å². The van der Waals surface area contributed by atoms with Gasteiger partial charge in [-0.15, -0.1) is 0 Å². The fourth-order valence-electron chi connectivity index (χ4n) is 2.84. The maximum absolute atomic E-state index is 12.9. The van der Waals surface area contributed by atoms with E-state index in [0.717, 1.165) is 28.4 Å². The van der Waals surface area contributed by atoms with E-state index < -0.39 is 11.7 Å². The van der Waals surface area contributed by atoms with E-state index in [4.69, 9.17) is 16.6 Å². The third kappa shape index (κ3) is 4.23. The van der Waals surface area contributed by atoms with Crippen LogP contribution >= 0.6 is 39.9 Å². The van der Waals surface area contributed by atoms with Crippen molar-refractivity contribution in [3.8, 4) is 11.3 Å². The molecule has 4 rings (SSSR count). The molecule has 0 atom stereocenters. The van der Waals surface area contributed by atoms with E-state index >= 15 is 0 Å². The number of amides is 1. The zero-order valence-corrected chi connectivity index (χ0v) is 18.2. The summed E-state index contributed by atoms with van der Waals surface area (Å²) in [6.45, 7) is 0. The molecule has 9 heteroatoms. The van der Waals surface area contributed by atoms with Gasteiger partial charge in [-0.25, -0.2) is 0 Å². The number of anilines is 1. The summed E-state index contributed by atoms with van der Waals surface area (Å²) in [5, 5.41) is 0. The number of thioether (sulfide) groups is 1. The summed E-state index contributed by atoms with van der Waals surface area (Å²) < 4.78 is 45.7. The lowest BCUT2D eigenvalue weighted by Crippen LogP contribution is -2.27. The maximum atomic E-state index is 12.9. The number of rotatable bonds is 3. The molecular weight excluding hydrogens is 499 g/mol. The molecule has 1 fully saturated rings. The molecule has 0 aliphatic carbocycles. The molecule has 0 spiro atoms. The first-order chi connectivity index (χ1) is 14.2. The lowest BCUT2D eigenvalue weighted by molar-refractivity contribution is -0.137. The Kier molecular flexibility index (Phi) is 5.61. The van der Waals surface area contributed by atoms with Gasteiger partial charge in [0, 0.05) is 16.1 Å². The fraction of sp³-hybridized carbons (Fsp3) is 0.0476. The van der Waals surface area contributed by atoms with E-state index in [2.05, 4.69) is 15.9 Å². The summed E-state index contributed by atoms with van der Waals surface area (Å²) in [4.78, 5) is 14.6. The smallest absolute Gasteiger partial charge is 0.416 e. The number of thiocarbonyl (C=S) groups is 1. The van der Waals surface area contributed by atoms with Crippen LogP contribution in [0.1, 0.15) is 11.3 Å². The molecule has 0 radical (unpaired) electrons. The molecule has 2 heterocycles. The second kappa shape index (κ2) is 8.05. The number of hydrogen-bond donors (Lipinski definition) is 0. The number of carbonyl (C=O) groups is 1. The summed E-state index contributed by atoms with van der Waals surface area (Å²) in [5.41, 5.74) is 0.188. The molecular formula is C21H11BrF3NO2S2. The molecule has 1 saturated heterocycles. The Labute approximate surface area is 187 Å². The van der Waals surface area contributed by atoms with Gasteiger partial charge in [-0.1, -0.05) is 52.0 Å². The van der Waals surface area contributed by atoms with Gasteiger partial charge in [0.15, 0.2) is 4.32 Å². The minimum atomic E-state index is -4.44. The predicted octanol–water partition coefficient (Wildman–Crippen LogP) is 7.13. The molecule has 0 unspecified atom stereocenters. The zero-order chi connectivity index (χ0) is 21.5. The van der Waals surface area contributed by atoms with Gasteiger partial charge < -0.3 is 4.42 Å². The number of furan rings is 1. The topological polar surface area (TPSA) is 33.5 Å². The first-order valence-electron chi connectivity index (χ1n) is 8.53. The molecule has 0 saturated carbocycles. The Morgan fingerprint density at radius 1 is 1.07 bits per heavy atom. The minimum absolute atomic E-state index is 0.274. The summed E-state index contributed by atoms with van der Waals surface area (Å²) >= 11 is 9.82. The number of hydrogen-bond acceptors (Lipinski definition) is 4. The van der Waals surface area contributed by atoms with Crippen LogP contribution in [0.15, 0.2) is 74.5 Å². The highest BCUT2D eigenvalue weighted by Gasteiger charge is 2.34. The number of alkyl halides is 3. The van der Waals surface area contributed by atoms with Crippen molar-refractivity contribution in [1.29, 1.82) is 0 Å². The fourth-order valence-corrected chi connectivity index (χ4v) is 4.39. The molecule has 1 aliphatic rings. The predicted molar refractivity (Wildman–Crippen MR) is 119 cm³/mol. The van der Waals surface area contributed by atoms with Crippen molar-refractivity contribution in [2.45, 2.75) is 6.18 Å². The Morgan fingerprint density at radius 2 is 1.80 bits per heavy atom. The van der Waals surface area contributed by atoms with Crippen molar-refractivity contribution < 1.29 is 22.4 Å². The lowest BCUT2D eigenvalue weighted by atomic mass is 10.1. The van der Waals surface area contributed by atoms with Gasteiger partial charge in [-0.05, 0) is 48.5 Å². The molecule has 2 aromatic carbocycles. The monoisotopic (exact) mass is 509 g/mol. The van der Waals surface area contributed by atoms with Crippen molar-refractivity contribution in [2.75, 3.05) is 4.90 Å². The third-order valence-electron chi connectivity index (χ3n) is 4.25. The first-order valence-corrected chi connectivity index (χ1v) is 10.6. The number of halogens is 4. The van der Waals surface area contributed by atoms with Gasteiger partial charge in [-0.2, -0.15) is 13.2 Å². The highest BCUT2D eigenvalue weighted by Crippen LogP contribution is 2.37. The van der Waals surface area contributed by atoms with E-state index in [1.807, 2.05) is 12.1 Å². The average Bonchev–Trinajstić information content (AvgIpc) is 3.27. The van der Waals surface area contributed by atoms with Gasteiger partial charge in [0.1, 0.15) is 11.5 Å². The van der Waals surface area contributed by atoms with Gasteiger partial charge >= 0.3 is 6.18 Å². The van der Waals surface area contributed by atoms with Crippen LogP contribution in [0.5, 0.6) is 0 Å². The summed E-state index contributed by atoms with van der Waals surface area (Å²) in [6.07, 6.45) is -2.90. The summed E-state index contributed by atoms with van der Waals surface area (Å²) in [5.74, 6) is 0.332. The first kappa shape index (κ1) is 20.9. The molecule has 1 aliphatic heterocycles. The van der Waals surface area contributed by atoms with Gasteiger partial charge in [0.2, 0.25) is 0 Å². The average molecular weight is 510 g/mol. The van der Waals surface area contributed by atoms with Crippen LogP contribution in [0.2, 0.25) is 0 Å². The highest BCUT2D eigenvalue weighted by molar-refractivity contribution is 9.10. The Morgan fingerprint density at radius 3 is 2.50 bits per heavy atom. The SMILES string of the molecule is O=C1/C(=C\c2ccc(-c3cccc(C(F)(F)F)c3)o2)SC(=S)N1c1ccc(Br)cc1. The second-order valence-electron chi connectivity index (χ2n) is 6.27. The number of carbonyl (C=O) groups excluding carboxylic acids is 1. The van der Waals surface area contributed by atoms with E-state index in [0.29, 0.717) is 26.2 Å². The lowest BCUT2D eigenvalue weighted by Gasteiger charge is -2.14. The van der Waals surface area contributed by atoms with Crippen molar-refractivity contribution >= 4 is 61.9 Å². The van der Waals surface area contributed by atoms with Gasteiger partial charge in [0.05, 0.1) is 16.2 Å². The molecule has 3 nitrogen and oxygen atoms in total. The van der Waals surface area contributed by atoms with Crippen LogP contribution in [0.4, 0.5) is 18.9 Å². The molecule has 1 aromatic heterocycles. The minimum Gasteiger partial charge on any atom is -0.457 e. The van der Waals surface area contributed by atoms with Crippen LogP contribution in [0.25, 0.3) is 17.4 Å². The van der Waals surface area contributed by atoms with Crippen molar-refractivity contribution in [3.63, 3.8) is 0 Å². The molecule has 1 amide bonds. The van der Waals surface area contributed by atoms with Crippen LogP contribution in [0, 0.1) is 0 Å².